The van der Waals surface area contributed by atoms with Gasteiger partial charge in [0.05, 0.1) is 29.2 Å². The highest BCUT2D eigenvalue weighted by Gasteiger charge is 2.46. The van der Waals surface area contributed by atoms with Crippen molar-refractivity contribution < 1.29 is 14.3 Å². The Balaban J connectivity index is 2.08. The van der Waals surface area contributed by atoms with E-state index in [1.807, 2.05) is 32.9 Å². The third-order valence-corrected chi connectivity index (χ3v) is 5.48. The molecule has 26 heavy (non-hydrogen) atoms. The molecule has 138 valence electrons. The Bertz CT molecular complexity index is 819. The standard InChI is InChI=1S/C19H21ClN2O3S/c1-10(2)9-25-18(24)15-11(3)21-19-22(17(23)12(4)26-19)16(15)13-6-5-7-14(20)8-13/h5-8,10,12,16H,9H2,1-4H3. The molecular formula is C19H21ClN2O3S. The molecule has 1 amide bonds. The van der Waals surface area contributed by atoms with Crippen molar-refractivity contribution in [1.82, 2.24) is 4.90 Å². The van der Waals surface area contributed by atoms with Crippen molar-refractivity contribution >= 4 is 40.4 Å². The zero-order valence-electron chi connectivity index (χ0n) is 15.2. The van der Waals surface area contributed by atoms with Crippen LogP contribution in [-0.2, 0) is 14.3 Å². The number of amides is 1. The molecule has 0 radical (unpaired) electrons. The maximum absolute atomic E-state index is 12.8. The van der Waals surface area contributed by atoms with Gasteiger partial charge in [-0.2, -0.15) is 0 Å². The number of rotatable bonds is 4. The van der Waals surface area contributed by atoms with Gasteiger partial charge in [0.25, 0.3) is 0 Å². The number of ether oxygens (including phenoxy) is 1. The van der Waals surface area contributed by atoms with Crippen molar-refractivity contribution in [3.8, 4) is 0 Å². The van der Waals surface area contributed by atoms with Gasteiger partial charge in [0.15, 0.2) is 5.17 Å². The van der Waals surface area contributed by atoms with Crippen LogP contribution in [0.3, 0.4) is 0 Å². The van der Waals surface area contributed by atoms with Gasteiger partial charge in [-0.05, 0) is 37.5 Å². The number of thioether (sulfide) groups is 1. The molecule has 2 aliphatic rings. The third-order valence-electron chi connectivity index (χ3n) is 4.19. The van der Waals surface area contributed by atoms with Gasteiger partial charge in [0, 0.05) is 5.02 Å². The third kappa shape index (κ3) is 3.53. The topological polar surface area (TPSA) is 59.0 Å². The molecule has 0 saturated carbocycles. The van der Waals surface area contributed by atoms with Crippen LogP contribution in [0.5, 0.6) is 0 Å². The van der Waals surface area contributed by atoms with E-state index in [-0.39, 0.29) is 17.1 Å². The van der Waals surface area contributed by atoms with Crippen LogP contribution >= 0.6 is 23.4 Å². The van der Waals surface area contributed by atoms with Crippen LogP contribution in [0.2, 0.25) is 5.02 Å². The molecule has 1 fully saturated rings. The van der Waals surface area contributed by atoms with E-state index in [4.69, 9.17) is 16.3 Å². The quantitative estimate of drug-likeness (QED) is 0.721. The van der Waals surface area contributed by atoms with E-state index in [1.165, 1.54) is 11.8 Å². The van der Waals surface area contributed by atoms with Crippen LogP contribution in [0.15, 0.2) is 40.5 Å². The van der Waals surface area contributed by atoms with Gasteiger partial charge in [0.2, 0.25) is 5.91 Å². The summed E-state index contributed by atoms with van der Waals surface area (Å²) in [6, 6.07) is 6.64. The number of hydrogen-bond acceptors (Lipinski definition) is 5. The van der Waals surface area contributed by atoms with Gasteiger partial charge in [-0.25, -0.2) is 9.79 Å². The van der Waals surface area contributed by atoms with Gasteiger partial charge >= 0.3 is 5.97 Å². The highest BCUT2D eigenvalue weighted by atomic mass is 35.5. The lowest BCUT2D eigenvalue weighted by molar-refractivity contribution is -0.141. The second-order valence-electron chi connectivity index (χ2n) is 6.81. The molecule has 1 saturated heterocycles. The first-order valence-electron chi connectivity index (χ1n) is 8.51. The second kappa shape index (κ2) is 7.45. The Morgan fingerprint density at radius 3 is 2.81 bits per heavy atom. The van der Waals surface area contributed by atoms with Crippen molar-refractivity contribution in [1.29, 1.82) is 0 Å². The van der Waals surface area contributed by atoms with E-state index in [2.05, 4.69) is 4.99 Å². The highest BCUT2D eigenvalue weighted by molar-refractivity contribution is 8.15. The number of nitrogens with zero attached hydrogens (tertiary/aromatic N) is 2. The minimum atomic E-state index is -0.578. The number of carbonyl (C=O) groups excluding carboxylic acids is 2. The van der Waals surface area contributed by atoms with Crippen molar-refractivity contribution in [2.75, 3.05) is 6.61 Å². The Morgan fingerprint density at radius 2 is 2.15 bits per heavy atom. The molecule has 0 spiro atoms. The Labute approximate surface area is 162 Å². The monoisotopic (exact) mass is 392 g/mol. The summed E-state index contributed by atoms with van der Waals surface area (Å²) in [6.45, 7) is 7.88. The second-order valence-corrected chi connectivity index (χ2v) is 8.56. The minimum Gasteiger partial charge on any atom is -0.462 e. The molecule has 1 aromatic rings. The van der Waals surface area contributed by atoms with Gasteiger partial charge in [-0.1, -0.05) is 49.3 Å². The number of esters is 1. The lowest BCUT2D eigenvalue weighted by Gasteiger charge is -2.33. The zero-order valence-corrected chi connectivity index (χ0v) is 16.7. The molecule has 5 nitrogen and oxygen atoms in total. The van der Waals surface area contributed by atoms with E-state index in [9.17, 15) is 9.59 Å². The predicted octanol–water partition coefficient (Wildman–Crippen LogP) is 4.19. The number of fused-ring (bicyclic) bond motifs is 1. The normalized spacial score (nSPS) is 22.6. The summed E-state index contributed by atoms with van der Waals surface area (Å²) in [5, 5.41) is 0.922. The van der Waals surface area contributed by atoms with Crippen molar-refractivity contribution in [2.24, 2.45) is 10.9 Å². The fourth-order valence-electron chi connectivity index (χ4n) is 2.98. The van der Waals surface area contributed by atoms with E-state index in [0.29, 0.717) is 28.1 Å². The summed E-state index contributed by atoms with van der Waals surface area (Å²) in [5.41, 5.74) is 1.73. The number of halogens is 1. The van der Waals surface area contributed by atoms with Crippen LogP contribution in [-0.4, -0.2) is 33.8 Å². The van der Waals surface area contributed by atoms with Crippen LogP contribution in [0.4, 0.5) is 0 Å². The predicted molar refractivity (Wildman–Crippen MR) is 104 cm³/mol. The molecule has 0 bridgehead atoms. The maximum atomic E-state index is 12.8. The number of amidine groups is 1. The summed E-state index contributed by atoms with van der Waals surface area (Å²) >= 11 is 7.57. The molecule has 2 aliphatic heterocycles. The van der Waals surface area contributed by atoms with Gasteiger partial charge in [-0.15, -0.1) is 0 Å². The van der Waals surface area contributed by atoms with Crippen LogP contribution < -0.4 is 0 Å². The highest BCUT2D eigenvalue weighted by Crippen LogP contribution is 2.43. The fraction of sp³-hybridized carbons (Fsp3) is 0.421. The van der Waals surface area contributed by atoms with Gasteiger partial charge in [0.1, 0.15) is 0 Å². The average Bonchev–Trinajstić information content (AvgIpc) is 2.85. The van der Waals surface area contributed by atoms with Gasteiger partial charge in [-0.3, -0.25) is 9.69 Å². The molecule has 2 unspecified atom stereocenters. The fourth-order valence-corrected chi connectivity index (χ4v) is 4.20. The van der Waals surface area contributed by atoms with E-state index in [1.54, 1.807) is 24.0 Å². The van der Waals surface area contributed by atoms with Gasteiger partial charge < -0.3 is 4.74 Å². The molecule has 3 rings (SSSR count). The Kier molecular flexibility index (Phi) is 5.44. The van der Waals surface area contributed by atoms with Crippen LogP contribution in [0.1, 0.15) is 39.3 Å². The first-order valence-corrected chi connectivity index (χ1v) is 9.77. The molecule has 1 aromatic carbocycles. The molecule has 2 atom stereocenters. The SMILES string of the molecule is CC1=C(C(=O)OCC(C)C)C(c2cccc(Cl)c2)N2C(=O)C(C)SC2=N1. The Hall–Kier alpha value is -1.79. The van der Waals surface area contributed by atoms with Crippen molar-refractivity contribution in [3.63, 3.8) is 0 Å². The number of hydrogen-bond donors (Lipinski definition) is 0. The number of carbonyl (C=O) groups is 2. The van der Waals surface area contributed by atoms with Crippen molar-refractivity contribution in [3.05, 3.63) is 46.1 Å². The van der Waals surface area contributed by atoms with E-state index >= 15 is 0 Å². The lowest BCUT2D eigenvalue weighted by atomic mass is 9.94. The molecule has 7 heteroatoms. The van der Waals surface area contributed by atoms with Crippen LogP contribution in [0.25, 0.3) is 0 Å². The summed E-state index contributed by atoms with van der Waals surface area (Å²) in [5.74, 6) is -0.294. The molecule has 0 N–H and O–H groups in total. The molecule has 2 heterocycles. The van der Waals surface area contributed by atoms with E-state index in [0.717, 1.165) is 5.56 Å². The molecule has 0 aromatic heterocycles. The molecule has 0 aliphatic carbocycles. The van der Waals surface area contributed by atoms with Crippen molar-refractivity contribution in [2.45, 2.75) is 39.0 Å². The summed E-state index contributed by atoms with van der Waals surface area (Å²) in [7, 11) is 0. The number of benzene rings is 1. The zero-order chi connectivity index (χ0) is 19.0. The minimum absolute atomic E-state index is 0.0691. The number of aliphatic imine (C=N–C) groups is 1. The first kappa shape index (κ1) is 19.0. The Morgan fingerprint density at radius 1 is 1.42 bits per heavy atom. The first-order chi connectivity index (χ1) is 12.3. The number of allylic oxidation sites excluding steroid dienone is 1. The summed E-state index contributed by atoms with van der Waals surface area (Å²) in [6.07, 6.45) is 0. The summed E-state index contributed by atoms with van der Waals surface area (Å²) in [4.78, 5) is 31.7. The lowest BCUT2D eigenvalue weighted by Crippen LogP contribution is -2.40. The maximum Gasteiger partial charge on any atom is 0.338 e. The summed E-state index contributed by atoms with van der Waals surface area (Å²) < 4.78 is 5.46. The smallest absolute Gasteiger partial charge is 0.338 e. The average molecular weight is 393 g/mol. The molecular weight excluding hydrogens is 372 g/mol. The largest absolute Gasteiger partial charge is 0.462 e. The van der Waals surface area contributed by atoms with Crippen LogP contribution in [0, 0.1) is 5.92 Å². The van der Waals surface area contributed by atoms with E-state index < -0.39 is 12.0 Å².